The molecule has 5 heterocycles. The van der Waals surface area contributed by atoms with Gasteiger partial charge in [0, 0.05) is 36.4 Å². The lowest BCUT2D eigenvalue weighted by molar-refractivity contribution is -0.0243. The number of hydrogen-bond donors (Lipinski definition) is 0. The van der Waals surface area contributed by atoms with E-state index >= 15 is 0 Å². The Morgan fingerprint density at radius 2 is 1.97 bits per heavy atom. The molecule has 0 aromatic carbocycles. The fourth-order valence-electron chi connectivity index (χ4n) is 3.68. The third-order valence-corrected chi connectivity index (χ3v) is 5.22. The first-order valence-corrected chi connectivity index (χ1v) is 9.79. The molecule has 150 valence electrons. The molecule has 1 atom stereocenters. The van der Waals surface area contributed by atoms with Crippen LogP contribution < -0.4 is 0 Å². The fourth-order valence-corrected chi connectivity index (χ4v) is 3.68. The zero-order valence-corrected chi connectivity index (χ0v) is 16.5. The lowest BCUT2D eigenvalue weighted by Crippen LogP contribution is -2.42. The monoisotopic (exact) mass is 400 g/mol. The van der Waals surface area contributed by atoms with Gasteiger partial charge in [0.15, 0.2) is 0 Å². The van der Waals surface area contributed by atoms with Gasteiger partial charge in [-0.25, -0.2) is 9.50 Å². The van der Waals surface area contributed by atoms with E-state index in [-0.39, 0.29) is 12.0 Å². The van der Waals surface area contributed by atoms with E-state index in [1.54, 1.807) is 27.9 Å². The summed E-state index contributed by atoms with van der Waals surface area (Å²) in [4.78, 5) is 23.1. The van der Waals surface area contributed by atoms with Crippen LogP contribution in [0.5, 0.6) is 0 Å². The SMILES string of the molecule is Cc1cccc(C(=O)N2CCOC(c3nnn4cc(-c5ccncc5)ccc34)C2)n1. The molecule has 0 bridgehead atoms. The number of fused-ring (bicyclic) bond motifs is 1. The van der Waals surface area contributed by atoms with E-state index in [9.17, 15) is 4.79 Å². The molecule has 1 aliphatic heterocycles. The van der Waals surface area contributed by atoms with Crippen LogP contribution in [0.15, 0.2) is 61.1 Å². The molecule has 5 rings (SSSR count). The maximum Gasteiger partial charge on any atom is 0.272 e. The van der Waals surface area contributed by atoms with Crippen LogP contribution in [0, 0.1) is 6.92 Å². The van der Waals surface area contributed by atoms with Crippen LogP contribution in [0.3, 0.4) is 0 Å². The molecular weight excluding hydrogens is 380 g/mol. The van der Waals surface area contributed by atoms with Gasteiger partial charge < -0.3 is 9.64 Å². The molecule has 0 spiro atoms. The Hall–Kier alpha value is -3.65. The second-order valence-corrected chi connectivity index (χ2v) is 7.23. The fraction of sp³-hybridized carbons (Fsp3) is 0.227. The van der Waals surface area contributed by atoms with E-state index in [1.807, 2.05) is 49.5 Å². The Kier molecular flexibility index (Phi) is 4.68. The third-order valence-electron chi connectivity index (χ3n) is 5.22. The highest BCUT2D eigenvalue weighted by atomic mass is 16.5. The minimum atomic E-state index is -0.336. The van der Waals surface area contributed by atoms with Gasteiger partial charge in [-0.2, -0.15) is 0 Å². The Morgan fingerprint density at radius 3 is 2.80 bits per heavy atom. The van der Waals surface area contributed by atoms with Crippen molar-refractivity contribution in [1.29, 1.82) is 0 Å². The number of ether oxygens (including phenoxy) is 1. The molecule has 4 aromatic rings. The van der Waals surface area contributed by atoms with E-state index < -0.39 is 0 Å². The average Bonchev–Trinajstić information content (AvgIpc) is 3.22. The van der Waals surface area contributed by atoms with Crippen LogP contribution in [0.25, 0.3) is 16.6 Å². The number of nitrogens with zero attached hydrogens (tertiary/aromatic N) is 6. The predicted molar refractivity (Wildman–Crippen MR) is 110 cm³/mol. The number of pyridine rings is 3. The van der Waals surface area contributed by atoms with Crippen molar-refractivity contribution in [2.75, 3.05) is 19.7 Å². The lowest BCUT2D eigenvalue weighted by Gasteiger charge is -2.32. The number of aromatic nitrogens is 5. The highest BCUT2D eigenvalue weighted by Crippen LogP contribution is 2.27. The van der Waals surface area contributed by atoms with Crippen LogP contribution >= 0.6 is 0 Å². The molecule has 4 aromatic heterocycles. The minimum Gasteiger partial charge on any atom is -0.368 e. The zero-order valence-electron chi connectivity index (χ0n) is 16.5. The van der Waals surface area contributed by atoms with Crippen LogP contribution in [0.2, 0.25) is 0 Å². The molecule has 8 heteroatoms. The van der Waals surface area contributed by atoms with Crippen LogP contribution in [-0.4, -0.2) is 55.3 Å². The predicted octanol–water partition coefficient (Wildman–Crippen LogP) is 2.71. The molecule has 1 aliphatic rings. The van der Waals surface area contributed by atoms with Gasteiger partial charge in [-0.1, -0.05) is 17.3 Å². The Bertz CT molecular complexity index is 1210. The summed E-state index contributed by atoms with van der Waals surface area (Å²) in [5, 5.41) is 8.63. The van der Waals surface area contributed by atoms with Crippen LogP contribution in [0.1, 0.15) is 28.0 Å². The second-order valence-electron chi connectivity index (χ2n) is 7.23. The lowest BCUT2D eigenvalue weighted by atomic mass is 10.1. The molecule has 30 heavy (non-hydrogen) atoms. The summed E-state index contributed by atoms with van der Waals surface area (Å²) in [6.45, 7) is 3.25. The summed E-state index contributed by atoms with van der Waals surface area (Å²) in [5.41, 5.74) is 4.94. The highest BCUT2D eigenvalue weighted by Gasteiger charge is 2.29. The number of hydrogen-bond acceptors (Lipinski definition) is 6. The summed E-state index contributed by atoms with van der Waals surface area (Å²) in [7, 11) is 0. The van der Waals surface area contributed by atoms with Gasteiger partial charge in [0.1, 0.15) is 17.5 Å². The van der Waals surface area contributed by atoms with Gasteiger partial charge in [0.2, 0.25) is 0 Å². The van der Waals surface area contributed by atoms with E-state index in [0.717, 1.165) is 28.0 Å². The van der Waals surface area contributed by atoms with Gasteiger partial charge in [0.05, 0.1) is 18.7 Å². The number of morpholine rings is 1. The molecule has 0 radical (unpaired) electrons. The summed E-state index contributed by atoms with van der Waals surface area (Å²) >= 11 is 0. The third kappa shape index (κ3) is 3.42. The smallest absolute Gasteiger partial charge is 0.272 e. The zero-order chi connectivity index (χ0) is 20.5. The molecule has 8 nitrogen and oxygen atoms in total. The molecule has 1 fully saturated rings. The molecule has 0 aliphatic carbocycles. The Labute approximate surface area is 173 Å². The number of amides is 1. The first-order chi connectivity index (χ1) is 14.7. The highest BCUT2D eigenvalue weighted by molar-refractivity contribution is 5.92. The van der Waals surface area contributed by atoms with E-state index in [2.05, 4.69) is 20.3 Å². The van der Waals surface area contributed by atoms with Crippen molar-refractivity contribution in [3.05, 3.63) is 78.1 Å². The summed E-state index contributed by atoms with van der Waals surface area (Å²) < 4.78 is 7.69. The first kappa shape index (κ1) is 18.4. The summed E-state index contributed by atoms with van der Waals surface area (Å²) in [6.07, 6.45) is 5.12. The number of carbonyl (C=O) groups excluding carboxylic acids is 1. The van der Waals surface area contributed by atoms with Crippen molar-refractivity contribution in [1.82, 2.24) is 29.7 Å². The van der Waals surface area contributed by atoms with Crippen molar-refractivity contribution < 1.29 is 9.53 Å². The minimum absolute atomic E-state index is 0.0940. The topological polar surface area (TPSA) is 85.5 Å². The largest absolute Gasteiger partial charge is 0.368 e. The average molecular weight is 400 g/mol. The van der Waals surface area contributed by atoms with Crippen molar-refractivity contribution in [3.63, 3.8) is 0 Å². The van der Waals surface area contributed by atoms with Crippen LogP contribution in [-0.2, 0) is 4.74 Å². The van der Waals surface area contributed by atoms with Gasteiger partial charge >= 0.3 is 0 Å². The Morgan fingerprint density at radius 1 is 1.10 bits per heavy atom. The van der Waals surface area contributed by atoms with Crippen molar-refractivity contribution in [2.24, 2.45) is 0 Å². The molecule has 1 amide bonds. The van der Waals surface area contributed by atoms with Gasteiger partial charge in [0.25, 0.3) is 5.91 Å². The molecule has 0 N–H and O–H groups in total. The number of aryl methyl sites for hydroxylation is 1. The maximum absolute atomic E-state index is 12.9. The Balaban J connectivity index is 1.40. The first-order valence-electron chi connectivity index (χ1n) is 9.79. The van der Waals surface area contributed by atoms with Crippen molar-refractivity contribution in [3.8, 4) is 11.1 Å². The van der Waals surface area contributed by atoms with Gasteiger partial charge in [-0.05, 0) is 42.8 Å². The van der Waals surface area contributed by atoms with Crippen molar-refractivity contribution >= 4 is 11.4 Å². The summed E-state index contributed by atoms with van der Waals surface area (Å²) in [5.74, 6) is -0.0940. The van der Waals surface area contributed by atoms with E-state index in [0.29, 0.717) is 25.4 Å². The van der Waals surface area contributed by atoms with Crippen LogP contribution in [0.4, 0.5) is 0 Å². The molecular formula is C22H20N6O2. The molecule has 0 saturated carbocycles. The quantitative estimate of drug-likeness (QED) is 0.526. The molecule has 1 saturated heterocycles. The van der Waals surface area contributed by atoms with Crippen molar-refractivity contribution in [2.45, 2.75) is 13.0 Å². The maximum atomic E-state index is 12.9. The summed E-state index contributed by atoms with van der Waals surface area (Å²) in [6, 6.07) is 13.4. The molecule has 1 unspecified atom stereocenters. The normalized spacial score (nSPS) is 16.7. The van der Waals surface area contributed by atoms with E-state index in [4.69, 9.17) is 4.74 Å². The number of rotatable bonds is 3. The van der Waals surface area contributed by atoms with E-state index in [1.165, 1.54) is 0 Å². The standard InChI is InChI=1S/C22H20N6O2/c1-15-3-2-4-18(24-15)22(29)27-11-12-30-20(14-27)21-19-6-5-17(13-28(19)26-25-21)16-7-9-23-10-8-16/h2-10,13,20H,11-12,14H2,1H3. The van der Waals surface area contributed by atoms with Gasteiger partial charge in [-0.15, -0.1) is 5.10 Å². The number of carbonyl (C=O) groups is 1. The van der Waals surface area contributed by atoms with Gasteiger partial charge in [-0.3, -0.25) is 9.78 Å². The second kappa shape index (κ2) is 7.64.